The molecule has 0 saturated carbocycles. The van der Waals surface area contributed by atoms with E-state index < -0.39 is 0 Å². The topological polar surface area (TPSA) is 58.1 Å². The van der Waals surface area contributed by atoms with E-state index in [0.29, 0.717) is 5.69 Å². The summed E-state index contributed by atoms with van der Waals surface area (Å²) in [5.74, 6) is 0.826. The van der Waals surface area contributed by atoms with E-state index in [1.165, 1.54) is 29.7 Å². The van der Waals surface area contributed by atoms with Crippen molar-refractivity contribution in [1.82, 2.24) is 9.97 Å². The highest BCUT2D eigenvalue weighted by atomic mass is 32.1. The number of rotatable bonds is 4. The highest BCUT2D eigenvalue weighted by Crippen LogP contribution is 2.26. The number of nitrogens with zero attached hydrogens (tertiary/aromatic N) is 3. The lowest BCUT2D eigenvalue weighted by Gasteiger charge is -2.15. The number of thiazole rings is 1. The molecule has 3 aromatic rings. The van der Waals surface area contributed by atoms with E-state index in [2.05, 4.69) is 26.3 Å². The number of carbonyl (C=O) groups is 1. The van der Waals surface area contributed by atoms with Crippen molar-refractivity contribution in [3.63, 3.8) is 0 Å². The molecular formula is C21H22N4OS. The molecule has 0 unspecified atom stereocenters. The fourth-order valence-electron chi connectivity index (χ4n) is 3.30. The molecule has 1 aliphatic heterocycles. The van der Waals surface area contributed by atoms with Crippen molar-refractivity contribution in [2.24, 2.45) is 0 Å². The molecule has 6 heteroatoms. The van der Waals surface area contributed by atoms with Gasteiger partial charge >= 0.3 is 0 Å². The van der Waals surface area contributed by atoms with Crippen molar-refractivity contribution in [2.75, 3.05) is 23.3 Å². The Hall–Kier alpha value is -2.73. The Labute approximate surface area is 163 Å². The van der Waals surface area contributed by atoms with Crippen molar-refractivity contribution in [3.8, 4) is 10.6 Å². The van der Waals surface area contributed by atoms with E-state index in [-0.39, 0.29) is 5.91 Å². The fraction of sp³-hybridized carbons (Fsp3) is 0.286. The third-order valence-corrected chi connectivity index (χ3v) is 5.68. The number of hydrogen-bond acceptors (Lipinski definition) is 5. The number of pyridine rings is 1. The summed E-state index contributed by atoms with van der Waals surface area (Å²) < 4.78 is 0. The number of hydrogen-bond donors (Lipinski definition) is 1. The van der Waals surface area contributed by atoms with Crippen LogP contribution < -0.4 is 10.2 Å². The van der Waals surface area contributed by atoms with Crippen LogP contribution in [-0.2, 0) is 0 Å². The lowest BCUT2D eigenvalue weighted by atomic mass is 10.1. The van der Waals surface area contributed by atoms with Gasteiger partial charge in [0, 0.05) is 35.9 Å². The molecule has 3 heterocycles. The summed E-state index contributed by atoms with van der Waals surface area (Å²) in [4.78, 5) is 23.9. The number of aromatic nitrogens is 2. The molecule has 1 amide bonds. The van der Waals surface area contributed by atoms with Crippen LogP contribution in [0.2, 0.25) is 0 Å². The Balaban J connectivity index is 1.48. The number of benzene rings is 1. The molecule has 0 spiro atoms. The monoisotopic (exact) mass is 378 g/mol. The van der Waals surface area contributed by atoms with E-state index in [1.807, 2.05) is 44.3 Å². The largest absolute Gasteiger partial charge is 0.357 e. The minimum atomic E-state index is -0.189. The van der Waals surface area contributed by atoms with Gasteiger partial charge in [-0.05, 0) is 50.5 Å². The SMILES string of the molecule is Cc1ccc(NC(=O)c2csc(-c3ccc(N4CCCC4)nc3)n2)c(C)c1. The summed E-state index contributed by atoms with van der Waals surface area (Å²) in [6.07, 6.45) is 4.31. The predicted molar refractivity (Wildman–Crippen MR) is 111 cm³/mol. The Morgan fingerprint density at radius 1 is 1.15 bits per heavy atom. The van der Waals surface area contributed by atoms with E-state index in [0.717, 1.165) is 40.7 Å². The number of nitrogens with one attached hydrogen (secondary N) is 1. The summed E-state index contributed by atoms with van der Waals surface area (Å²) in [5, 5.41) is 5.55. The van der Waals surface area contributed by atoms with E-state index in [4.69, 9.17) is 0 Å². The summed E-state index contributed by atoms with van der Waals surface area (Å²) in [5.41, 5.74) is 4.40. The zero-order valence-corrected chi connectivity index (χ0v) is 16.3. The minimum absolute atomic E-state index is 0.189. The summed E-state index contributed by atoms with van der Waals surface area (Å²) in [7, 11) is 0. The quantitative estimate of drug-likeness (QED) is 0.716. The minimum Gasteiger partial charge on any atom is -0.357 e. The lowest BCUT2D eigenvalue weighted by molar-refractivity contribution is 0.102. The van der Waals surface area contributed by atoms with Gasteiger partial charge in [0.1, 0.15) is 16.5 Å². The van der Waals surface area contributed by atoms with Gasteiger partial charge in [-0.3, -0.25) is 4.79 Å². The van der Waals surface area contributed by atoms with Gasteiger partial charge in [-0.1, -0.05) is 17.7 Å². The van der Waals surface area contributed by atoms with E-state index >= 15 is 0 Å². The highest BCUT2D eigenvalue weighted by Gasteiger charge is 2.15. The normalized spacial score (nSPS) is 13.8. The maximum absolute atomic E-state index is 12.5. The van der Waals surface area contributed by atoms with Gasteiger partial charge in [-0.25, -0.2) is 9.97 Å². The average molecular weight is 379 g/mol. The zero-order valence-electron chi connectivity index (χ0n) is 15.5. The van der Waals surface area contributed by atoms with Gasteiger partial charge in [0.05, 0.1) is 0 Å². The van der Waals surface area contributed by atoms with Crippen molar-refractivity contribution < 1.29 is 4.79 Å². The molecule has 4 rings (SSSR count). The molecule has 138 valence electrons. The first kappa shape index (κ1) is 17.7. The Morgan fingerprint density at radius 3 is 2.67 bits per heavy atom. The first-order chi connectivity index (χ1) is 13.1. The number of amides is 1. The molecule has 0 atom stereocenters. The van der Waals surface area contributed by atoms with E-state index in [9.17, 15) is 4.79 Å². The molecular weight excluding hydrogens is 356 g/mol. The predicted octanol–water partition coefficient (Wildman–Crippen LogP) is 4.67. The van der Waals surface area contributed by atoms with Gasteiger partial charge in [-0.2, -0.15) is 0 Å². The highest BCUT2D eigenvalue weighted by molar-refractivity contribution is 7.13. The Kier molecular flexibility index (Phi) is 4.90. The summed E-state index contributed by atoms with van der Waals surface area (Å²) in [6, 6.07) is 10.0. The van der Waals surface area contributed by atoms with Gasteiger partial charge in [0.2, 0.25) is 0 Å². The molecule has 0 aliphatic carbocycles. The lowest BCUT2D eigenvalue weighted by Crippen LogP contribution is -2.18. The standard InChI is InChI=1S/C21H22N4OS/c1-14-5-7-17(15(2)11-14)23-20(26)18-13-27-21(24-18)16-6-8-19(22-12-16)25-9-3-4-10-25/h5-8,11-13H,3-4,9-10H2,1-2H3,(H,23,26). The van der Waals surface area contributed by atoms with Crippen LogP contribution in [0.25, 0.3) is 10.6 Å². The molecule has 5 nitrogen and oxygen atoms in total. The number of carbonyl (C=O) groups excluding carboxylic acids is 1. The number of anilines is 2. The molecule has 2 aromatic heterocycles. The number of aryl methyl sites for hydroxylation is 2. The molecule has 0 bridgehead atoms. The molecule has 1 aliphatic rings. The maximum atomic E-state index is 12.5. The molecule has 0 radical (unpaired) electrons. The van der Waals surface area contributed by atoms with Gasteiger partial charge in [0.25, 0.3) is 5.91 Å². The van der Waals surface area contributed by atoms with Crippen molar-refractivity contribution in [2.45, 2.75) is 26.7 Å². The van der Waals surface area contributed by atoms with Crippen LogP contribution in [-0.4, -0.2) is 29.0 Å². The first-order valence-electron chi connectivity index (χ1n) is 9.16. The van der Waals surface area contributed by atoms with Gasteiger partial charge in [-0.15, -0.1) is 11.3 Å². The van der Waals surface area contributed by atoms with Gasteiger partial charge < -0.3 is 10.2 Å². The van der Waals surface area contributed by atoms with Crippen LogP contribution in [0, 0.1) is 13.8 Å². The molecule has 27 heavy (non-hydrogen) atoms. The van der Waals surface area contributed by atoms with Gasteiger partial charge in [0.15, 0.2) is 0 Å². The Morgan fingerprint density at radius 2 is 1.96 bits per heavy atom. The zero-order chi connectivity index (χ0) is 18.8. The maximum Gasteiger partial charge on any atom is 0.275 e. The molecule has 1 saturated heterocycles. The van der Waals surface area contributed by atoms with Crippen LogP contribution >= 0.6 is 11.3 Å². The third-order valence-electron chi connectivity index (χ3n) is 4.79. The van der Waals surface area contributed by atoms with Crippen LogP contribution in [0.4, 0.5) is 11.5 Å². The molecule has 1 N–H and O–H groups in total. The van der Waals surface area contributed by atoms with Crippen molar-refractivity contribution in [3.05, 3.63) is 58.7 Å². The van der Waals surface area contributed by atoms with Crippen LogP contribution in [0.1, 0.15) is 34.5 Å². The second kappa shape index (κ2) is 7.48. The van der Waals surface area contributed by atoms with Crippen LogP contribution in [0.15, 0.2) is 41.9 Å². The second-order valence-electron chi connectivity index (χ2n) is 6.91. The smallest absolute Gasteiger partial charge is 0.275 e. The van der Waals surface area contributed by atoms with Crippen molar-refractivity contribution in [1.29, 1.82) is 0 Å². The second-order valence-corrected chi connectivity index (χ2v) is 7.77. The average Bonchev–Trinajstić information content (AvgIpc) is 3.36. The fourth-order valence-corrected chi connectivity index (χ4v) is 4.09. The first-order valence-corrected chi connectivity index (χ1v) is 10.0. The summed E-state index contributed by atoms with van der Waals surface area (Å²) in [6.45, 7) is 6.18. The Bertz CT molecular complexity index is 959. The van der Waals surface area contributed by atoms with Crippen molar-refractivity contribution >= 4 is 28.7 Å². The molecule has 1 aromatic carbocycles. The third kappa shape index (κ3) is 3.85. The van der Waals surface area contributed by atoms with Crippen LogP contribution in [0.5, 0.6) is 0 Å². The molecule has 1 fully saturated rings. The summed E-state index contributed by atoms with van der Waals surface area (Å²) >= 11 is 1.46. The van der Waals surface area contributed by atoms with E-state index in [1.54, 1.807) is 5.38 Å². The van der Waals surface area contributed by atoms with Crippen LogP contribution in [0.3, 0.4) is 0 Å².